The van der Waals surface area contributed by atoms with Gasteiger partial charge < -0.3 is 0 Å². The summed E-state index contributed by atoms with van der Waals surface area (Å²) in [5, 5.41) is 0. The Morgan fingerprint density at radius 2 is 1.00 bits per heavy atom. The SMILES string of the molecule is CC(C)(C)c1c[c][c]cc1C(C)(C)C. The quantitative estimate of drug-likeness (QED) is 0.579. The molecule has 0 spiro atoms. The molecule has 0 fully saturated rings. The lowest BCUT2D eigenvalue weighted by Crippen LogP contribution is -2.21. The molecule has 0 aliphatic rings. The van der Waals surface area contributed by atoms with Crippen LogP contribution in [0.4, 0.5) is 0 Å². The van der Waals surface area contributed by atoms with Crippen molar-refractivity contribution in [2.24, 2.45) is 0 Å². The second-order valence-electron chi connectivity index (χ2n) is 5.90. The average molecular weight is 188 g/mol. The molecule has 0 unspecified atom stereocenters. The highest BCUT2D eigenvalue weighted by molar-refractivity contribution is 5.36. The van der Waals surface area contributed by atoms with Gasteiger partial charge in [0.05, 0.1) is 0 Å². The van der Waals surface area contributed by atoms with Crippen molar-refractivity contribution in [3.8, 4) is 0 Å². The Kier molecular flexibility index (Phi) is 2.76. The third kappa shape index (κ3) is 2.37. The van der Waals surface area contributed by atoms with E-state index in [1.807, 2.05) is 0 Å². The fourth-order valence-corrected chi connectivity index (χ4v) is 1.62. The summed E-state index contributed by atoms with van der Waals surface area (Å²) in [6, 6.07) is 10.3. The van der Waals surface area contributed by atoms with Crippen LogP contribution in [0, 0.1) is 12.1 Å². The Morgan fingerprint density at radius 3 is 1.21 bits per heavy atom. The maximum Gasteiger partial charge on any atom is -0.00957 e. The van der Waals surface area contributed by atoms with Crippen LogP contribution in [0.25, 0.3) is 0 Å². The van der Waals surface area contributed by atoms with Crippen molar-refractivity contribution in [2.75, 3.05) is 0 Å². The van der Waals surface area contributed by atoms with Gasteiger partial charge in [0.2, 0.25) is 0 Å². The number of benzene rings is 1. The zero-order valence-corrected chi connectivity index (χ0v) is 10.2. The van der Waals surface area contributed by atoms with Gasteiger partial charge in [-0.2, -0.15) is 0 Å². The van der Waals surface area contributed by atoms with Gasteiger partial charge in [0.25, 0.3) is 0 Å². The fraction of sp³-hybridized carbons (Fsp3) is 0.571. The summed E-state index contributed by atoms with van der Waals surface area (Å²) < 4.78 is 0. The van der Waals surface area contributed by atoms with E-state index >= 15 is 0 Å². The molecule has 0 atom stereocenters. The number of hydrogen-bond acceptors (Lipinski definition) is 0. The minimum atomic E-state index is 0.189. The first-order valence-electron chi connectivity index (χ1n) is 5.15. The van der Waals surface area contributed by atoms with E-state index in [1.165, 1.54) is 11.1 Å². The van der Waals surface area contributed by atoms with Crippen LogP contribution in [0.3, 0.4) is 0 Å². The monoisotopic (exact) mass is 188 g/mol. The fourth-order valence-electron chi connectivity index (χ4n) is 1.62. The molecule has 1 aromatic rings. The van der Waals surface area contributed by atoms with Crippen LogP contribution in [0.5, 0.6) is 0 Å². The predicted molar refractivity (Wildman–Crippen MR) is 61.5 cm³/mol. The Bertz CT molecular complexity index is 275. The van der Waals surface area contributed by atoms with Crippen LogP contribution < -0.4 is 0 Å². The molecule has 0 aliphatic heterocycles. The Hall–Kier alpha value is -0.780. The topological polar surface area (TPSA) is 0 Å². The third-order valence-corrected chi connectivity index (χ3v) is 2.42. The third-order valence-electron chi connectivity index (χ3n) is 2.42. The van der Waals surface area contributed by atoms with Crippen molar-refractivity contribution in [2.45, 2.75) is 52.4 Å². The highest BCUT2D eigenvalue weighted by Gasteiger charge is 2.24. The van der Waals surface area contributed by atoms with E-state index in [1.54, 1.807) is 0 Å². The standard InChI is InChI=1S/C14H20/c1-13(2,3)11-9-7-8-10-12(11)14(4,5)6/h9-10H,1-6H3. The molecule has 0 heteroatoms. The Labute approximate surface area is 88.4 Å². The molecule has 0 bridgehead atoms. The van der Waals surface area contributed by atoms with Crippen molar-refractivity contribution in [1.29, 1.82) is 0 Å². The van der Waals surface area contributed by atoms with E-state index in [2.05, 4.69) is 65.8 Å². The van der Waals surface area contributed by atoms with Gasteiger partial charge in [0.1, 0.15) is 0 Å². The maximum absolute atomic E-state index is 3.06. The largest absolute Gasteiger partial charge is 0.0561 e. The van der Waals surface area contributed by atoms with E-state index in [0.29, 0.717) is 0 Å². The summed E-state index contributed by atoms with van der Waals surface area (Å²) in [6.07, 6.45) is 0. The van der Waals surface area contributed by atoms with Crippen LogP contribution in [0.2, 0.25) is 0 Å². The zero-order chi connectivity index (χ0) is 11.0. The highest BCUT2D eigenvalue weighted by Crippen LogP contribution is 2.32. The van der Waals surface area contributed by atoms with Crippen LogP contribution in [0.1, 0.15) is 52.7 Å². The lowest BCUT2D eigenvalue weighted by molar-refractivity contribution is 0.530. The average Bonchev–Trinajstić information content (AvgIpc) is 2.01. The number of rotatable bonds is 0. The van der Waals surface area contributed by atoms with Gasteiger partial charge in [-0.25, -0.2) is 0 Å². The second-order valence-corrected chi connectivity index (χ2v) is 5.90. The number of hydrogen-bond donors (Lipinski definition) is 0. The van der Waals surface area contributed by atoms with Gasteiger partial charge in [-0.1, -0.05) is 41.5 Å². The molecular weight excluding hydrogens is 168 g/mol. The minimum absolute atomic E-state index is 0.189. The molecule has 0 N–H and O–H groups in total. The second kappa shape index (κ2) is 3.42. The summed E-state index contributed by atoms with van der Waals surface area (Å²) in [4.78, 5) is 0. The summed E-state index contributed by atoms with van der Waals surface area (Å²) >= 11 is 0. The Morgan fingerprint density at radius 1 is 0.714 bits per heavy atom. The van der Waals surface area contributed by atoms with Gasteiger partial charge in [-0.15, -0.1) is 0 Å². The van der Waals surface area contributed by atoms with Gasteiger partial charge in [-0.05, 0) is 46.2 Å². The zero-order valence-electron chi connectivity index (χ0n) is 10.2. The summed E-state index contributed by atoms with van der Waals surface area (Å²) in [6.45, 7) is 13.4. The molecule has 0 heterocycles. The van der Waals surface area contributed by atoms with Crippen LogP contribution in [-0.4, -0.2) is 0 Å². The van der Waals surface area contributed by atoms with E-state index in [4.69, 9.17) is 0 Å². The highest BCUT2D eigenvalue weighted by atomic mass is 14.3. The van der Waals surface area contributed by atoms with Crippen LogP contribution in [-0.2, 0) is 10.8 Å². The lowest BCUT2D eigenvalue weighted by Gasteiger charge is -2.29. The van der Waals surface area contributed by atoms with E-state index < -0.39 is 0 Å². The van der Waals surface area contributed by atoms with E-state index in [0.717, 1.165) is 0 Å². The Balaban J connectivity index is 3.31. The first kappa shape index (κ1) is 11.3. The van der Waals surface area contributed by atoms with Crippen LogP contribution in [0.15, 0.2) is 12.1 Å². The maximum atomic E-state index is 3.06. The normalized spacial score (nSPS) is 13.0. The predicted octanol–water partition coefficient (Wildman–Crippen LogP) is 3.88. The van der Waals surface area contributed by atoms with Gasteiger partial charge in [-0.3, -0.25) is 0 Å². The summed E-state index contributed by atoms with van der Waals surface area (Å²) in [5.74, 6) is 0. The van der Waals surface area contributed by atoms with Crippen LogP contribution >= 0.6 is 0 Å². The molecule has 1 rings (SSSR count). The van der Waals surface area contributed by atoms with Gasteiger partial charge >= 0.3 is 0 Å². The first-order valence-corrected chi connectivity index (χ1v) is 5.15. The summed E-state index contributed by atoms with van der Waals surface area (Å²) in [5.41, 5.74) is 3.13. The van der Waals surface area contributed by atoms with Crippen molar-refractivity contribution in [1.82, 2.24) is 0 Å². The molecule has 0 saturated heterocycles. The molecule has 14 heavy (non-hydrogen) atoms. The molecule has 0 aromatic heterocycles. The summed E-state index contributed by atoms with van der Waals surface area (Å²) in [7, 11) is 0. The van der Waals surface area contributed by atoms with Gasteiger partial charge in [0, 0.05) is 0 Å². The molecule has 0 amide bonds. The van der Waals surface area contributed by atoms with E-state index in [-0.39, 0.29) is 10.8 Å². The van der Waals surface area contributed by atoms with Gasteiger partial charge in [0.15, 0.2) is 0 Å². The lowest BCUT2D eigenvalue weighted by atomic mass is 9.75. The molecular formula is C14H20. The molecule has 0 nitrogen and oxygen atoms in total. The minimum Gasteiger partial charge on any atom is -0.0561 e. The van der Waals surface area contributed by atoms with E-state index in [9.17, 15) is 0 Å². The smallest absolute Gasteiger partial charge is 0.00957 e. The molecule has 0 saturated carbocycles. The molecule has 0 aliphatic carbocycles. The first-order chi connectivity index (χ1) is 6.23. The van der Waals surface area contributed by atoms with Crippen molar-refractivity contribution < 1.29 is 0 Å². The van der Waals surface area contributed by atoms with Crippen molar-refractivity contribution in [3.63, 3.8) is 0 Å². The van der Waals surface area contributed by atoms with Crippen molar-refractivity contribution in [3.05, 3.63) is 35.4 Å². The molecule has 76 valence electrons. The molecule has 1 aromatic carbocycles. The van der Waals surface area contributed by atoms with Crippen molar-refractivity contribution >= 4 is 0 Å². The molecule has 2 radical (unpaired) electrons.